The summed E-state index contributed by atoms with van der Waals surface area (Å²) in [5, 5.41) is 2.21. The second kappa shape index (κ2) is 5.80. The molecule has 2 heterocycles. The lowest BCUT2D eigenvalue weighted by atomic mass is 10.0. The largest absolute Gasteiger partial charge is 0.399 e. The Balaban J connectivity index is 1.81. The number of hydrogen-bond acceptors (Lipinski definition) is 3. The van der Waals surface area contributed by atoms with Crippen molar-refractivity contribution in [2.24, 2.45) is 0 Å². The van der Waals surface area contributed by atoms with Gasteiger partial charge in [-0.2, -0.15) is 0 Å². The Bertz CT molecular complexity index is 912. The molecule has 0 spiro atoms. The van der Waals surface area contributed by atoms with Crippen molar-refractivity contribution in [1.29, 1.82) is 0 Å². The lowest BCUT2D eigenvalue weighted by Gasteiger charge is -2.23. The Morgan fingerprint density at radius 1 is 1.12 bits per heavy atom. The summed E-state index contributed by atoms with van der Waals surface area (Å²) in [6.45, 7) is 2.83. The van der Waals surface area contributed by atoms with E-state index in [4.69, 9.17) is 5.73 Å². The number of benzene rings is 2. The van der Waals surface area contributed by atoms with Crippen molar-refractivity contribution in [3.8, 4) is 10.4 Å². The van der Waals surface area contributed by atoms with Gasteiger partial charge in [-0.15, -0.1) is 11.3 Å². The molecule has 0 saturated heterocycles. The van der Waals surface area contributed by atoms with Crippen LogP contribution in [0.3, 0.4) is 0 Å². The molecule has 24 heavy (non-hydrogen) atoms. The SMILES string of the molecule is Cc1csc2c1CCN(C(=O)c1ccc(N)cc1)c1ccccc1-2. The first-order valence-corrected chi connectivity index (χ1v) is 8.87. The van der Waals surface area contributed by atoms with Gasteiger partial charge >= 0.3 is 0 Å². The van der Waals surface area contributed by atoms with E-state index < -0.39 is 0 Å². The molecule has 2 N–H and O–H groups in total. The maximum Gasteiger partial charge on any atom is 0.258 e. The molecule has 2 aromatic carbocycles. The van der Waals surface area contributed by atoms with E-state index in [9.17, 15) is 4.79 Å². The number of nitrogen functional groups attached to an aromatic ring is 1. The summed E-state index contributed by atoms with van der Waals surface area (Å²) in [7, 11) is 0. The van der Waals surface area contributed by atoms with Gasteiger partial charge in [0.05, 0.1) is 5.69 Å². The number of nitrogens with two attached hydrogens (primary N) is 1. The van der Waals surface area contributed by atoms with Gasteiger partial charge in [0.2, 0.25) is 0 Å². The molecule has 1 aliphatic rings. The third kappa shape index (κ3) is 2.39. The number of amides is 1. The Morgan fingerprint density at radius 3 is 2.67 bits per heavy atom. The van der Waals surface area contributed by atoms with Gasteiger partial charge < -0.3 is 10.6 Å². The van der Waals surface area contributed by atoms with Gasteiger partial charge in [-0.05, 0) is 60.2 Å². The summed E-state index contributed by atoms with van der Waals surface area (Å²) in [5.74, 6) is 0.0234. The zero-order valence-corrected chi connectivity index (χ0v) is 14.3. The number of anilines is 2. The molecule has 0 fully saturated rings. The maximum absolute atomic E-state index is 13.1. The Morgan fingerprint density at radius 2 is 1.88 bits per heavy atom. The number of fused-ring (bicyclic) bond motifs is 3. The molecule has 0 unspecified atom stereocenters. The monoisotopic (exact) mass is 334 g/mol. The van der Waals surface area contributed by atoms with Crippen molar-refractivity contribution in [3.05, 3.63) is 70.6 Å². The lowest BCUT2D eigenvalue weighted by Crippen LogP contribution is -2.32. The van der Waals surface area contributed by atoms with Gasteiger partial charge in [0.15, 0.2) is 0 Å². The molecule has 4 rings (SSSR count). The number of nitrogens with zero attached hydrogens (tertiary/aromatic N) is 1. The maximum atomic E-state index is 13.1. The van der Waals surface area contributed by atoms with Crippen molar-refractivity contribution < 1.29 is 4.79 Å². The summed E-state index contributed by atoms with van der Waals surface area (Å²) in [6, 6.07) is 15.3. The van der Waals surface area contributed by atoms with Crippen molar-refractivity contribution in [3.63, 3.8) is 0 Å². The summed E-state index contributed by atoms with van der Waals surface area (Å²) in [6.07, 6.45) is 0.875. The third-order valence-electron chi connectivity index (χ3n) is 4.53. The molecular formula is C20H18N2OS. The average molecular weight is 334 g/mol. The van der Waals surface area contributed by atoms with Gasteiger partial charge in [-0.1, -0.05) is 18.2 Å². The molecule has 0 saturated carbocycles. The van der Waals surface area contributed by atoms with Gasteiger partial charge in [-0.3, -0.25) is 4.79 Å². The van der Waals surface area contributed by atoms with Crippen LogP contribution in [0.2, 0.25) is 0 Å². The summed E-state index contributed by atoms with van der Waals surface area (Å²) in [5.41, 5.74) is 11.9. The van der Waals surface area contributed by atoms with Gasteiger partial charge in [-0.25, -0.2) is 0 Å². The van der Waals surface area contributed by atoms with E-state index in [1.54, 1.807) is 35.6 Å². The second-order valence-corrected chi connectivity index (χ2v) is 6.95. The zero-order valence-electron chi connectivity index (χ0n) is 13.5. The van der Waals surface area contributed by atoms with Crippen LogP contribution in [0.25, 0.3) is 10.4 Å². The predicted octanol–water partition coefficient (Wildman–Crippen LogP) is 4.51. The fourth-order valence-electron chi connectivity index (χ4n) is 3.24. The highest BCUT2D eigenvalue weighted by atomic mass is 32.1. The number of thiophene rings is 1. The van der Waals surface area contributed by atoms with Crippen LogP contribution in [-0.2, 0) is 6.42 Å². The molecule has 4 heteroatoms. The minimum atomic E-state index is 0.0234. The average Bonchev–Trinajstić information content (AvgIpc) is 2.88. The highest BCUT2D eigenvalue weighted by Gasteiger charge is 2.26. The fourth-order valence-corrected chi connectivity index (χ4v) is 4.38. The molecule has 1 amide bonds. The van der Waals surface area contributed by atoms with Crippen molar-refractivity contribution >= 4 is 28.6 Å². The van der Waals surface area contributed by atoms with Crippen molar-refractivity contribution in [2.75, 3.05) is 17.2 Å². The van der Waals surface area contributed by atoms with Crippen LogP contribution in [0.1, 0.15) is 21.5 Å². The quantitative estimate of drug-likeness (QED) is 0.666. The summed E-state index contributed by atoms with van der Waals surface area (Å²) in [4.78, 5) is 16.3. The van der Waals surface area contributed by atoms with E-state index >= 15 is 0 Å². The minimum absolute atomic E-state index is 0.0234. The van der Waals surface area contributed by atoms with Crippen molar-refractivity contribution in [1.82, 2.24) is 0 Å². The lowest BCUT2D eigenvalue weighted by molar-refractivity contribution is 0.0987. The minimum Gasteiger partial charge on any atom is -0.399 e. The second-order valence-electron chi connectivity index (χ2n) is 6.07. The Labute approximate surface area is 145 Å². The number of para-hydroxylation sites is 1. The molecule has 3 aromatic rings. The number of carbonyl (C=O) groups excluding carboxylic acids is 1. The van der Waals surface area contributed by atoms with Crippen LogP contribution in [0.5, 0.6) is 0 Å². The first-order chi connectivity index (χ1) is 11.6. The molecule has 0 bridgehead atoms. The molecule has 0 aliphatic carbocycles. The Kier molecular flexibility index (Phi) is 3.62. The van der Waals surface area contributed by atoms with Gasteiger partial charge in [0, 0.05) is 28.2 Å². The topological polar surface area (TPSA) is 46.3 Å². The molecule has 1 aliphatic heterocycles. The first-order valence-electron chi connectivity index (χ1n) is 7.99. The summed E-state index contributed by atoms with van der Waals surface area (Å²) < 4.78 is 0. The van der Waals surface area contributed by atoms with Crippen LogP contribution in [-0.4, -0.2) is 12.5 Å². The first kappa shape index (κ1) is 15.0. The molecule has 120 valence electrons. The van der Waals surface area contributed by atoms with Gasteiger partial charge in [0.25, 0.3) is 5.91 Å². The molecule has 1 aromatic heterocycles. The van der Waals surface area contributed by atoms with E-state index in [1.807, 2.05) is 23.1 Å². The highest BCUT2D eigenvalue weighted by molar-refractivity contribution is 7.14. The van der Waals surface area contributed by atoms with Crippen molar-refractivity contribution in [2.45, 2.75) is 13.3 Å². The number of aryl methyl sites for hydroxylation is 1. The zero-order chi connectivity index (χ0) is 16.7. The Hall–Kier alpha value is -2.59. The van der Waals surface area contributed by atoms with Gasteiger partial charge in [0.1, 0.15) is 0 Å². The van der Waals surface area contributed by atoms with E-state index in [2.05, 4.69) is 18.4 Å². The number of hydrogen-bond donors (Lipinski definition) is 1. The van der Waals surface area contributed by atoms with Crippen LogP contribution in [0.15, 0.2) is 53.9 Å². The summed E-state index contributed by atoms with van der Waals surface area (Å²) >= 11 is 1.77. The fraction of sp³-hybridized carbons (Fsp3) is 0.150. The van der Waals surface area contributed by atoms with Crippen LogP contribution >= 0.6 is 11.3 Å². The number of rotatable bonds is 1. The van der Waals surface area contributed by atoms with E-state index in [-0.39, 0.29) is 5.91 Å². The van der Waals surface area contributed by atoms with E-state index in [1.165, 1.54) is 16.0 Å². The standard InChI is InChI=1S/C20H18N2OS/c1-13-12-24-19-16(13)10-11-22(18-5-3-2-4-17(18)19)20(23)14-6-8-15(21)9-7-14/h2-9,12H,10-11,21H2,1H3. The predicted molar refractivity (Wildman–Crippen MR) is 101 cm³/mol. The van der Waals surface area contributed by atoms with Crippen LogP contribution < -0.4 is 10.6 Å². The molecular weight excluding hydrogens is 316 g/mol. The molecule has 0 radical (unpaired) electrons. The molecule has 0 atom stereocenters. The van der Waals surface area contributed by atoms with Crippen LogP contribution in [0.4, 0.5) is 11.4 Å². The normalized spacial score (nSPS) is 13.1. The smallest absolute Gasteiger partial charge is 0.258 e. The van der Waals surface area contributed by atoms with Crippen LogP contribution in [0, 0.1) is 6.92 Å². The molecule has 3 nitrogen and oxygen atoms in total. The number of carbonyl (C=O) groups is 1. The highest BCUT2D eigenvalue weighted by Crippen LogP contribution is 2.41. The van der Waals surface area contributed by atoms with E-state index in [0.717, 1.165) is 17.7 Å². The van der Waals surface area contributed by atoms with E-state index in [0.29, 0.717) is 17.8 Å². The third-order valence-corrected chi connectivity index (χ3v) is 5.70.